The number of nitrogens with two attached hydrogens (primary N) is 1. The summed E-state index contributed by atoms with van der Waals surface area (Å²) in [5.41, 5.74) is 0. The molecule has 5 heteroatoms. The van der Waals surface area contributed by atoms with Crippen molar-refractivity contribution < 1.29 is 8.42 Å². The van der Waals surface area contributed by atoms with Gasteiger partial charge in [-0.2, -0.15) is 8.42 Å². The Bertz CT molecular complexity index is 271. The molecule has 0 bridgehead atoms. The maximum Gasteiger partial charge on any atom is 0.274 e. The number of nitrogens with one attached hydrogen (secondary N) is 1. The highest BCUT2D eigenvalue weighted by atomic mass is 32.2. The minimum Gasteiger partial charge on any atom is -0.216 e. The largest absolute Gasteiger partial charge is 0.274 e. The molecule has 1 atom stereocenters. The van der Waals surface area contributed by atoms with Crippen LogP contribution < -0.4 is 9.86 Å². The zero-order chi connectivity index (χ0) is 11.2. The van der Waals surface area contributed by atoms with E-state index in [1.165, 1.54) is 0 Å². The molecule has 0 spiro atoms. The quantitative estimate of drug-likeness (QED) is 0.656. The van der Waals surface area contributed by atoms with Crippen LogP contribution in [0.1, 0.15) is 27.2 Å². The number of hydrogen-bond donors (Lipinski definition) is 2. The smallest absolute Gasteiger partial charge is 0.216 e. The lowest BCUT2D eigenvalue weighted by Crippen LogP contribution is -2.32. The Morgan fingerprint density at radius 3 is 2.29 bits per heavy atom. The third-order valence-electron chi connectivity index (χ3n) is 1.73. The minimum absolute atomic E-state index is 0.367. The highest BCUT2D eigenvalue weighted by Crippen LogP contribution is 2.05. The van der Waals surface area contributed by atoms with Crippen molar-refractivity contribution in [2.75, 3.05) is 6.54 Å². The van der Waals surface area contributed by atoms with E-state index in [-0.39, 0.29) is 0 Å². The summed E-state index contributed by atoms with van der Waals surface area (Å²) in [6.07, 6.45) is 4.97. The average Bonchev–Trinajstić information content (AvgIpc) is 1.98. The van der Waals surface area contributed by atoms with Crippen molar-refractivity contribution in [2.24, 2.45) is 17.0 Å². The maximum absolute atomic E-state index is 10.5. The van der Waals surface area contributed by atoms with Crippen molar-refractivity contribution in [3.8, 4) is 0 Å². The third kappa shape index (κ3) is 9.70. The van der Waals surface area contributed by atoms with E-state index in [0.717, 1.165) is 6.42 Å². The molecule has 0 aliphatic carbocycles. The predicted octanol–water partition coefficient (Wildman–Crippen LogP) is 1.02. The lowest BCUT2D eigenvalue weighted by molar-refractivity contribution is 0.569. The summed E-state index contributed by atoms with van der Waals surface area (Å²) in [6.45, 7) is 6.64. The van der Waals surface area contributed by atoms with Crippen LogP contribution in [0, 0.1) is 11.8 Å². The van der Waals surface area contributed by atoms with Crippen LogP contribution in [0.25, 0.3) is 0 Å². The number of rotatable bonds is 6. The summed E-state index contributed by atoms with van der Waals surface area (Å²) >= 11 is 0. The fraction of sp³-hybridized carbons (Fsp3) is 0.778. The Kier molecular flexibility index (Phi) is 5.99. The SMILES string of the molecule is CC(C)/C=C/C(C)CCNS(N)(=O)=O. The first-order chi connectivity index (χ1) is 6.31. The summed E-state index contributed by atoms with van der Waals surface area (Å²) in [5.74, 6) is 0.898. The molecule has 0 saturated heterocycles. The fourth-order valence-electron chi connectivity index (χ4n) is 0.937. The van der Waals surface area contributed by atoms with E-state index in [2.05, 4.69) is 30.7 Å². The molecule has 0 amide bonds. The minimum atomic E-state index is -3.53. The van der Waals surface area contributed by atoms with Gasteiger partial charge in [-0.1, -0.05) is 32.9 Å². The van der Waals surface area contributed by atoms with Crippen LogP contribution in [-0.4, -0.2) is 15.0 Å². The van der Waals surface area contributed by atoms with Crippen LogP contribution in [0.5, 0.6) is 0 Å². The van der Waals surface area contributed by atoms with Crippen LogP contribution in [0.15, 0.2) is 12.2 Å². The second-order valence-electron chi connectivity index (χ2n) is 3.83. The van der Waals surface area contributed by atoms with Crippen LogP contribution in [0.2, 0.25) is 0 Å². The summed E-state index contributed by atoms with van der Waals surface area (Å²) in [7, 11) is -3.53. The molecule has 3 N–H and O–H groups in total. The second kappa shape index (κ2) is 6.16. The number of allylic oxidation sites excluding steroid dienone is 2. The van der Waals surface area contributed by atoms with Crippen molar-refractivity contribution in [1.82, 2.24) is 4.72 Å². The first-order valence-electron chi connectivity index (χ1n) is 4.77. The molecule has 0 rings (SSSR count). The van der Waals surface area contributed by atoms with Gasteiger partial charge in [-0.15, -0.1) is 0 Å². The monoisotopic (exact) mass is 220 g/mol. The van der Waals surface area contributed by atoms with E-state index in [9.17, 15) is 8.42 Å². The van der Waals surface area contributed by atoms with Crippen LogP contribution in [0.4, 0.5) is 0 Å². The van der Waals surface area contributed by atoms with E-state index < -0.39 is 10.2 Å². The molecule has 0 radical (unpaired) electrons. The lowest BCUT2D eigenvalue weighted by Gasteiger charge is -2.06. The molecule has 4 nitrogen and oxygen atoms in total. The summed E-state index contributed by atoms with van der Waals surface area (Å²) < 4.78 is 23.3. The normalized spacial score (nSPS) is 15.2. The van der Waals surface area contributed by atoms with Crippen LogP contribution in [0.3, 0.4) is 0 Å². The Morgan fingerprint density at radius 2 is 1.86 bits per heavy atom. The Morgan fingerprint density at radius 1 is 1.29 bits per heavy atom. The summed E-state index contributed by atoms with van der Waals surface area (Å²) in [6, 6.07) is 0. The van der Waals surface area contributed by atoms with E-state index in [4.69, 9.17) is 5.14 Å². The molecule has 0 aromatic carbocycles. The first-order valence-corrected chi connectivity index (χ1v) is 6.31. The molecule has 0 aliphatic rings. The van der Waals surface area contributed by atoms with Crippen molar-refractivity contribution in [2.45, 2.75) is 27.2 Å². The van der Waals surface area contributed by atoms with Gasteiger partial charge in [0.05, 0.1) is 0 Å². The van der Waals surface area contributed by atoms with Gasteiger partial charge in [0.2, 0.25) is 0 Å². The molecular formula is C9H20N2O2S. The Hall–Kier alpha value is -0.390. The Balaban J connectivity index is 3.70. The molecule has 0 aliphatic heterocycles. The van der Waals surface area contributed by atoms with Gasteiger partial charge in [-0.3, -0.25) is 0 Å². The molecule has 14 heavy (non-hydrogen) atoms. The van der Waals surface area contributed by atoms with Crippen molar-refractivity contribution in [1.29, 1.82) is 0 Å². The molecular weight excluding hydrogens is 200 g/mol. The molecule has 1 unspecified atom stereocenters. The van der Waals surface area contributed by atoms with Crippen molar-refractivity contribution in [3.63, 3.8) is 0 Å². The lowest BCUT2D eigenvalue weighted by atomic mass is 10.1. The van der Waals surface area contributed by atoms with E-state index in [1.807, 2.05) is 6.92 Å². The van der Waals surface area contributed by atoms with Crippen molar-refractivity contribution in [3.05, 3.63) is 12.2 Å². The van der Waals surface area contributed by atoms with E-state index in [0.29, 0.717) is 18.4 Å². The molecule has 84 valence electrons. The predicted molar refractivity (Wildman–Crippen MR) is 58.9 cm³/mol. The highest BCUT2D eigenvalue weighted by molar-refractivity contribution is 7.87. The fourth-order valence-corrected chi connectivity index (χ4v) is 1.34. The molecule has 0 aromatic heterocycles. The van der Waals surface area contributed by atoms with Crippen LogP contribution in [-0.2, 0) is 10.2 Å². The summed E-state index contributed by atoms with van der Waals surface area (Å²) in [4.78, 5) is 0. The summed E-state index contributed by atoms with van der Waals surface area (Å²) in [5, 5.41) is 4.79. The maximum atomic E-state index is 10.5. The third-order valence-corrected chi connectivity index (χ3v) is 2.33. The molecule has 0 heterocycles. The van der Waals surface area contributed by atoms with Gasteiger partial charge in [-0.05, 0) is 18.3 Å². The Labute approximate surface area is 86.8 Å². The van der Waals surface area contributed by atoms with Gasteiger partial charge in [0.25, 0.3) is 10.2 Å². The van der Waals surface area contributed by atoms with Gasteiger partial charge in [0, 0.05) is 6.54 Å². The van der Waals surface area contributed by atoms with Gasteiger partial charge in [0.15, 0.2) is 0 Å². The standard InChI is InChI=1S/C9H20N2O2S/c1-8(2)4-5-9(3)6-7-11-14(10,12)13/h4-5,8-9,11H,6-7H2,1-3H3,(H2,10,12,13)/b5-4+. The second-order valence-corrected chi connectivity index (χ2v) is 5.21. The van der Waals surface area contributed by atoms with Gasteiger partial charge >= 0.3 is 0 Å². The van der Waals surface area contributed by atoms with Gasteiger partial charge < -0.3 is 0 Å². The topological polar surface area (TPSA) is 72.2 Å². The van der Waals surface area contributed by atoms with E-state index >= 15 is 0 Å². The van der Waals surface area contributed by atoms with Crippen molar-refractivity contribution >= 4 is 10.2 Å². The highest BCUT2D eigenvalue weighted by Gasteiger charge is 2.02. The zero-order valence-electron chi connectivity index (χ0n) is 9.03. The van der Waals surface area contributed by atoms with Crippen LogP contribution >= 0.6 is 0 Å². The molecule has 0 fully saturated rings. The van der Waals surface area contributed by atoms with E-state index in [1.54, 1.807) is 0 Å². The molecule has 0 aromatic rings. The number of hydrogen-bond acceptors (Lipinski definition) is 2. The van der Waals surface area contributed by atoms with Gasteiger partial charge in [0.1, 0.15) is 0 Å². The molecule has 0 saturated carbocycles. The zero-order valence-corrected chi connectivity index (χ0v) is 9.84. The van der Waals surface area contributed by atoms with Gasteiger partial charge in [-0.25, -0.2) is 9.86 Å². The first kappa shape index (κ1) is 13.6. The average molecular weight is 220 g/mol.